The van der Waals surface area contributed by atoms with E-state index in [0.29, 0.717) is 36.3 Å². The van der Waals surface area contributed by atoms with Gasteiger partial charge in [0.15, 0.2) is 5.17 Å². The average Bonchev–Trinajstić information content (AvgIpc) is 3.56. The Labute approximate surface area is 243 Å². The number of rotatable bonds is 8. The minimum absolute atomic E-state index is 0.0681. The van der Waals surface area contributed by atoms with Crippen LogP contribution in [0.15, 0.2) is 82.8 Å². The summed E-state index contributed by atoms with van der Waals surface area (Å²) in [5.74, 6) is 1.41. The molecule has 1 aromatic heterocycles. The van der Waals surface area contributed by atoms with Gasteiger partial charge in [-0.2, -0.15) is 0 Å². The molecule has 0 unspecified atom stereocenters. The number of anilines is 1. The van der Waals surface area contributed by atoms with E-state index in [0.717, 1.165) is 47.0 Å². The number of amidine groups is 1. The number of morpholine rings is 1. The Morgan fingerprint density at radius 1 is 1.02 bits per heavy atom. The number of H-pyrrole nitrogens is 1. The van der Waals surface area contributed by atoms with Gasteiger partial charge < -0.3 is 24.1 Å². The van der Waals surface area contributed by atoms with Crippen LogP contribution < -0.4 is 14.4 Å². The molecule has 1 amide bonds. The lowest BCUT2D eigenvalue weighted by Gasteiger charge is -2.29. The van der Waals surface area contributed by atoms with Gasteiger partial charge in [-0.1, -0.05) is 18.2 Å². The maximum atomic E-state index is 13.8. The number of carbonyl (C=O) groups excluding carboxylic acids is 1. The van der Waals surface area contributed by atoms with E-state index in [-0.39, 0.29) is 5.91 Å². The number of aromatic amines is 1. The number of hydrogen-bond acceptors (Lipinski definition) is 7. The predicted molar refractivity (Wildman–Crippen MR) is 165 cm³/mol. The highest BCUT2D eigenvalue weighted by atomic mass is 32.2. The van der Waals surface area contributed by atoms with Crippen molar-refractivity contribution in [3.63, 3.8) is 0 Å². The molecule has 9 heteroatoms. The Balaban J connectivity index is 1.30. The average molecular weight is 569 g/mol. The highest BCUT2D eigenvalue weighted by Crippen LogP contribution is 2.37. The molecule has 0 atom stereocenters. The molecule has 0 radical (unpaired) electrons. The number of aromatic nitrogens is 1. The third kappa shape index (κ3) is 5.82. The number of aliphatic imine (C=N–C) groups is 1. The summed E-state index contributed by atoms with van der Waals surface area (Å²) >= 11 is 1.38. The summed E-state index contributed by atoms with van der Waals surface area (Å²) in [5, 5.41) is 1.82. The lowest BCUT2D eigenvalue weighted by Crippen LogP contribution is -2.36. The molecule has 41 heavy (non-hydrogen) atoms. The van der Waals surface area contributed by atoms with Crippen molar-refractivity contribution in [3.05, 3.63) is 89.0 Å². The van der Waals surface area contributed by atoms with Gasteiger partial charge in [-0.25, -0.2) is 4.99 Å². The highest BCUT2D eigenvalue weighted by Gasteiger charge is 2.33. The molecule has 0 bridgehead atoms. The lowest BCUT2D eigenvalue weighted by molar-refractivity contribution is -0.122. The zero-order chi connectivity index (χ0) is 28.2. The zero-order valence-electron chi connectivity index (χ0n) is 23.1. The smallest absolute Gasteiger partial charge is 0.266 e. The molecule has 0 saturated carbocycles. The van der Waals surface area contributed by atoms with E-state index in [1.54, 1.807) is 19.1 Å². The van der Waals surface area contributed by atoms with Crippen LogP contribution in [-0.2, 0) is 16.0 Å². The summed E-state index contributed by atoms with van der Waals surface area (Å²) in [5.41, 5.74) is 4.94. The number of amides is 1. The molecule has 4 aromatic rings. The number of benzene rings is 3. The van der Waals surface area contributed by atoms with Crippen LogP contribution in [0, 0.1) is 0 Å². The molecule has 6 rings (SSSR count). The first kappa shape index (κ1) is 27.0. The van der Waals surface area contributed by atoms with E-state index < -0.39 is 0 Å². The van der Waals surface area contributed by atoms with Crippen molar-refractivity contribution < 1.29 is 19.0 Å². The van der Waals surface area contributed by atoms with Crippen molar-refractivity contribution in [3.8, 4) is 11.5 Å². The maximum Gasteiger partial charge on any atom is 0.266 e. The third-order valence-electron chi connectivity index (χ3n) is 7.34. The van der Waals surface area contributed by atoms with Crippen molar-refractivity contribution >= 4 is 51.2 Å². The van der Waals surface area contributed by atoms with Crippen LogP contribution in [0.5, 0.6) is 11.5 Å². The fourth-order valence-corrected chi connectivity index (χ4v) is 6.12. The molecular formula is C32H32N4O4S. The van der Waals surface area contributed by atoms with Crippen LogP contribution >= 0.6 is 11.8 Å². The molecule has 3 heterocycles. The fraction of sp³-hybridized carbons (Fsp3) is 0.250. The van der Waals surface area contributed by atoms with Crippen LogP contribution in [0.3, 0.4) is 0 Å². The van der Waals surface area contributed by atoms with E-state index in [1.807, 2.05) is 60.8 Å². The summed E-state index contributed by atoms with van der Waals surface area (Å²) in [6.45, 7) is 3.62. The number of fused-ring (bicyclic) bond motifs is 1. The quantitative estimate of drug-likeness (QED) is 0.268. The van der Waals surface area contributed by atoms with Gasteiger partial charge in [0.1, 0.15) is 11.5 Å². The Morgan fingerprint density at radius 2 is 1.83 bits per heavy atom. The van der Waals surface area contributed by atoms with Gasteiger partial charge in [0.2, 0.25) is 0 Å². The number of carbonyl (C=O) groups is 1. The number of nitrogens with zero attached hydrogens (tertiary/aromatic N) is 3. The van der Waals surface area contributed by atoms with Crippen LogP contribution in [0.1, 0.15) is 11.1 Å². The summed E-state index contributed by atoms with van der Waals surface area (Å²) in [4.78, 5) is 26.7. The minimum atomic E-state index is -0.0681. The molecule has 1 N–H and O–H groups in total. The van der Waals surface area contributed by atoms with Crippen molar-refractivity contribution in [2.75, 3.05) is 52.0 Å². The van der Waals surface area contributed by atoms with Gasteiger partial charge in [-0.15, -0.1) is 0 Å². The first-order valence-electron chi connectivity index (χ1n) is 13.6. The molecular weight excluding hydrogens is 536 g/mol. The second kappa shape index (κ2) is 12.1. The topological polar surface area (TPSA) is 79.4 Å². The maximum absolute atomic E-state index is 13.8. The number of thioether (sulfide) groups is 1. The predicted octanol–water partition coefficient (Wildman–Crippen LogP) is 5.87. The molecule has 210 valence electrons. The summed E-state index contributed by atoms with van der Waals surface area (Å²) in [7, 11) is 3.30. The monoisotopic (exact) mass is 568 g/mol. The standard InChI is InChI=1S/C32H32N4O4S/c1-38-26-11-8-24(9-12-26)34-32-36(14-13-23-21-33-28-6-4-3-5-27(23)28)31(37)30(41-32)19-22-7-10-25(20-29(22)39-2)35-15-17-40-18-16-35/h3-12,19-21,33H,13-18H2,1-2H3. The van der Waals surface area contributed by atoms with Gasteiger partial charge in [0.05, 0.1) is 38.0 Å². The van der Waals surface area contributed by atoms with Gasteiger partial charge in [0, 0.05) is 54.1 Å². The second-order valence-corrected chi connectivity index (χ2v) is 10.8. The Hall–Kier alpha value is -4.21. The van der Waals surface area contributed by atoms with E-state index in [1.165, 1.54) is 22.7 Å². The first-order valence-corrected chi connectivity index (χ1v) is 14.4. The van der Waals surface area contributed by atoms with E-state index in [4.69, 9.17) is 19.2 Å². The summed E-state index contributed by atoms with van der Waals surface area (Å²) in [6.07, 6.45) is 4.63. The number of nitrogens with one attached hydrogen (secondary N) is 1. The number of para-hydroxylation sites is 1. The van der Waals surface area contributed by atoms with Crippen molar-refractivity contribution in [1.82, 2.24) is 9.88 Å². The van der Waals surface area contributed by atoms with Gasteiger partial charge >= 0.3 is 0 Å². The van der Waals surface area contributed by atoms with Crippen molar-refractivity contribution in [2.24, 2.45) is 4.99 Å². The molecule has 2 aliphatic heterocycles. The first-order chi connectivity index (χ1) is 20.1. The summed E-state index contributed by atoms with van der Waals surface area (Å²) in [6, 6.07) is 21.9. The second-order valence-electron chi connectivity index (χ2n) is 9.80. The van der Waals surface area contributed by atoms with Gasteiger partial charge in [-0.3, -0.25) is 9.69 Å². The molecule has 3 aromatic carbocycles. The van der Waals surface area contributed by atoms with Crippen LogP contribution in [-0.4, -0.2) is 68.0 Å². The van der Waals surface area contributed by atoms with Crippen LogP contribution in [0.25, 0.3) is 17.0 Å². The highest BCUT2D eigenvalue weighted by molar-refractivity contribution is 8.18. The zero-order valence-corrected chi connectivity index (χ0v) is 23.9. The normalized spacial score (nSPS) is 17.7. The Bertz CT molecular complexity index is 1610. The Morgan fingerprint density at radius 3 is 2.61 bits per heavy atom. The minimum Gasteiger partial charge on any atom is -0.497 e. The number of ether oxygens (including phenoxy) is 3. The molecule has 2 saturated heterocycles. The Kier molecular flexibility index (Phi) is 7.98. The van der Waals surface area contributed by atoms with Crippen molar-refractivity contribution in [1.29, 1.82) is 0 Å². The fourth-order valence-electron chi connectivity index (χ4n) is 5.11. The number of hydrogen-bond donors (Lipinski definition) is 1. The van der Waals surface area contributed by atoms with Crippen LogP contribution in [0.4, 0.5) is 11.4 Å². The SMILES string of the molecule is COc1ccc(N=C2SC(=Cc3ccc(N4CCOCC4)cc3OC)C(=O)N2CCc2c[nH]c3ccccc23)cc1. The van der Waals surface area contributed by atoms with E-state index in [9.17, 15) is 4.79 Å². The molecule has 0 aliphatic carbocycles. The van der Waals surface area contributed by atoms with E-state index in [2.05, 4.69) is 28.1 Å². The van der Waals surface area contributed by atoms with Crippen molar-refractivity contribution in [2.45, 2.75) is 6.42 Å². The lowest BCUT2D eigenvalue weighted by atomic mass is 10.1. The largest absolute Gasteiger partial charge is 0.497 e. The third-order valence-corrected chi connectivity index (χ3v) is 8.35. The van der Waals surface area contributed by atoms with Gasteiger partial charge in [0.25, 0.3) is 5.91 Å². The number of methoxy groups -OCH3 is 2. The molecule has 0 spiro atoms. The summed E-state index contributed by atoms with van der Waals surface area (Å²) < 4.78 is 16.5. The molecule has 2 fully saturated rings. The molecule has 8 nitrogen and oxygen atoms in total. The molecule has 2 aliphatic rings. The van der Waals surface area contributed by atoms with E-state index >= 15 is 0 Å². The van der Waals surface area contributed by atoms with Gasteiger partial charge in [-0.05, 0) is 72.3 Å². The van der Waals surface area contributed by atoms with Crippen LogP contribution in [0.2, 0.25) is 0 Å².